The van der Waals surface area contributed by atoms with Crippen LogP contribution in [0.4, 0.5) is 0 Å². The molecule has 2 aromatic carbocycles. The molecule has 0 N–H and O–H groups in total. The van der Waals surface area contributed by atoms with Crippen LogP contribution in [0.5, 0.6) is 0 Å². The zero-order valence-corrected chi connectivity index (χ0v) is 11.5. The van der Waals surface area contributed by atoms with Gasteiger partial charge in [-0.15, -0.1) is 0 Å². The van der Waals surface area contributed by atoms with Crippen molar-refractivity contribution in [2.24, 2.45) is 0 Å². The van der Waals surface area contributed by atoms with Gasteiger partial charge in [0.1, 0.15) is 0 Å². The van der Waals surface area contributed by atoms with Gasteiger partial charge >= 0.3 is 0 Å². The maximum atomic E-state index is 12.6. The van der Waals surface area contributed by atoms with Crippen molar-refractivity contribution in [3.63, 3.8) is 0 Å². The lowest BCUT2D eigenvalue weighted by Gasteiger charge is -2.40. The number of nitrogens with zero attached hydrogens (tertiary/aromatic N) is 1. The highest BCUT2D eigenvalue weighted by atomic mass is 16.2. The second kappa shape index (κ2) is 4.74. The predicted octanol–water partition coefficient (Wildman–Crippen LogP) is 3.89. The topological polar surface area (TPSA) is 20.3 Å². The molecule has 2 unspecified atom stereocenters. The van der Waals surface area contributed by atoms with Crippen molar-refractivity contribution in [3.8, 4) is 0 Å². The average molecular weight is 273 g/mol. The summed E-state index contributed by atoms with van der Waals surface area (Å²) in [6.07, 6.45) is 8.07. The normalized spacial score (nSPS) is 22.9. The predicted molar refractivity (Wildman–Crippen MR) is 83.4 cm³/mol. The van der Waals surface area contributed by atoms with Gasteiger partial charge in [-0.3, -0.25) is 4.79 Å². The number of carbonyl (C=O) groups excluding carboxylic acids is 1. The molecule has 2 heteroatoms. The van der Waals surface area contributed by atoms with Gasteiger partial charge in [-0.1, -0.05) is 66.7 Å². The number of carbonyl (C=O) groups is 1. The van der Waals surface area contributed by atoms with E-state index in [1.165, 1.54) is 5.56 Å². The Kier molecular flexibility index (Phi) is 2.74. The summed E-state index contributed by atoms with van der Waals surface area (Å²) in [6, 6.07) is 18.3. The Labute approximate surface area is 124 Å². The molecule has 2 heterocycles. The van der Waals surface area contributed by atoms with E-state index in [1.807, 2.05) is 65.7 Å². The Bertz CT molecular complexity index is 745. The highest BCUT2D eigenvalue weighted by molar-refractivity contribution is 5.91. The lowest BCUT2D eigenvalue weighted by atomic mass is 9.79. The van der Waals surface area contributed by atoms with Crippen LogP contribution < -0.4 is 0 Å². The van der Waals surface area contributed by atoms with E-state index in [4.69, 9.17) is 0 Å². The van der Waals surface area contributed by atoms with Crippen molar-refractivity contribution in [1.82, 2.24) is 4.90 Å². The van der Waals surface area contributed by atoms with Crippen molar-refractivity contribution in [2.45, 2.75) is 12.0 Å². The van der Waals surface area contributed by atoms with E-state index in [9.17, 15) is 4.79 Å². The summed E-state index contributed by atoms with van der Waals surface area (Å²) in [5.41, 5.74) is 3.49. The van der Waals surface area contributed by atoms with E-state index >= 15 is 0 Å². The molecule has 2 nitrogen and oxygen atoms in total. The molecular weight excluding hydrogens is 258 g/mol. The monoisotopic (exact) mass is 273 g/mol. The summed E-state index contributed by atoms with van der Waals surface area (Å²) in [4.78, 5) is 14.4. The molecule has 102 valence electrons. The van der Waals surface area contributed by atoms with E-state index in [-0.39, 0.29) is 17.9 Å². The first-order valence-corrected chi connectivity index (χ1v) is 7.17. The van der Waals surface area contributed by atoms with Crippen LogP contribution in [-0.2, 0) is 4.79 Å². The second-order valence-corrected chi connectivity index (χ2v) is 5.41. The van der Waals surface area contributed by atoms with Gasteiger partial charge in [-0.2, -0.15) is 0 Å². The van der Waals surface area contributed by atoms with Crippen LogP contribution in [0.3, 0.4) is 0 Å². The number of benzene rings is 2. The number of fused-ring (bicyclic) bond motifs is 1. The lowest BCUT2D eigenvalue weighted by Crippen LogP contribution is -2.41. The number of rotatable bonds is 2. The SMILES string of the molecule is O=C1C2C=CC(c3ccccc32)N1/C=C/c1ccccc1. The third-order valence-electron chi connectivity index (χ3n) is 4.18. The summed E-state index contributed by atoms with van der Waals surface area (Å²) in [5, 5.41) is 0. The van der Waals surface area contributed by atoms with Gasteiger partial charge in [0.25, 0.3) is 0 Å². The fourth-order valence-electron chi connectivity index (χ4n) is 3.14. The first-order chi connectivity index (χ1) is 10.3. The molecule has 0 fully saturated rings. The smallest absolute Gasteiger partial charge is 0.238 e. The highest BCUT2D eigenvalue weighted by Gasteiger charge is 2.39. The van der Waals surface area contributed by atoms with Crippen LogP contribution in [0, 0.1) is 0 Å². The van der Waals surface area contributed by atoms with Crippen molar-refractivity contribution in [1.29, 1.82) is 0 Å². The quantitative estimate of drug-likeness (QED) is 0.760. The lowest BCUT2D eigenvalue weighted by molar-refractivity contribution is -0.132. The summed E-state index contributed by atoms with van der Waals surface area (Å²) in [6.45, 7) is 0. The molecule has 0 saturated heterocycles. The molecule has 3 aliphatic rings. The molecule has 0 saturated carbocycles. The third-order valence-corrected chi connectivity index (χ3v) is 4.18. The van der Waals surface area contributed by atoms with Gasteiger partial charge in [0.2, 0.25) is 5.91 Å². The molecule has 5 rings (SSSR count). The van der Waals surface area contributed by atoms with Crippen LogP contribution >= 0.6 is 0 Å². The fraction of sp³-hybridized carbons (Fsp3) is 0.105. The minimum absolute atomic E-state index is 0.0265. The van der Waals surface area contributed by atoms with Crippen LogP contribution in [0.25, 0.3) is 6.08 Å². The molecule has 2 aliphatic heterocycles. The van der Waals surface area contributed by atoms with E-state index < -0.39 is 0 Å². The van der Waals surface area contributed by atoms with Gasteiger partial charge in [-0.25, -0.2) is 0 Å². The maximum Gasteiger partial charge on any atom is 0.238 e. The van der Waals surface area contributed by atoms with Gasteiger partial charge in [-0.05, 0) is 22.8 Å². The zero-order chi connectivity index (χ0) is 14.2. The fourth-order valence-corrected chi connectivity index (χ4v) is 3.14. The number of hydrogen-bond acceptors (Lipinski definition) is 1. The molecule has 1 amide bonds. The molecule has 2 atom stereocenters. The minimum Gasteiger partial charge on any atom is -0.307 e. The van der Waals surface area contributed by atoms with Crippen molar-refractivity contribution in [3.05, 3.63) is 89.6 Å². The van der Waals surface area contributed by atoms with Crippen molar-refractivity contribution in [2.75, 3.05) is 0 Å². The summed E-state index contributed by atoms with van der Waals surface area (Å²) in [5.74, 6) is 0.0278. The summed E-state index contributed by atoms with van der Waals surface area (Å²) < 4.78 is 0. The Morgan fingerprint density at radius 3 is 2.38 bits per heavy atom. The molecular formula is C19H15NO. The van der Waals surface area contributed by atoms with E-state index in [2.05, 4.69) is 18.2 Å². The Balaban J connectivity index is 1.71. The zero-order valence-electron chi connectivity index (χ0n) is 11.5. The molecule has 0 aromatic heterocycles. The second-order valence-electron chi connectivity index (χ2n) is 5.41. The van der Waals surface area contributed by atoms with Gasteiger partial charge < -0.3 is 4.90 Å². The Morgan fingerprint density at radius 2 is 1.57 bits per heavy atom. The van der Waals surface area contributed by atoms with E-state index in [1.54, 1.807) is 0 Å². The van der Waals surface area contributed by atoms with Crippen molar-refractivity contribution >= 4 is 12.0 Å². The average Bonchev–Trinajstić information content (AvgIpc) is 2.55. The van der Waals surface area contributed by atoms with Crippen LogP contribution in [0.1, 0.15) is 28.7 Å². The van der Waals surface area contributed by atoms with Crippen LogP contribution in [0.2, 0.25) is 0 Å². The van der Waals surface area contributed by atoms with Gasteiger partial charge in [0.15, 0.2) is 0 Å². The Morgan fingerprint density at radius 1 is 0.857 bits per heavy atom. The first-order valence-electron chi connectivity index (χ1n) is 7.17. The molecule has 21 heavy (non-hydrogen) atoms. The Hall–Kier alpha value is -2.61. The first kappa shape index (κ1) is 12.2. The van der Waals surface area contributed by atoms with Crippen LogP contribution in [0.15, 0.2) is 72.9 Å². The van der Waals surface area contributed by atoms with E-state index in [0.717, 1.165) is 11.1 Å². The standard InChI is InChI=1S/C19H15NO/c21-19-17-10-11-18(16-9-5-4-8-15(16)17)20(19)13-12-14-6-2-1-3-7-14/h1-13,17-18H/b13-12+. The summed E-state index contributed by atoms with van der Waals surface area (Å²) in [7, 11) is 0. The minimum atomic E-state index is -0.133. The summed E-state index contributed by atoms with van der Waals surface area (Å²) >= 11 is 0. The van der Waals surface area contributed by atoms with Gasteiger partial charge in [0.05, 0.1) is 12.0 Å². The van der Waals surface area contributed by atoms with E-state index in [0.29, 0.717) is 0 Å². The maximum absolute atomic E-state index is 12.6. The largest absolute Gasteiger partial charge is 0.307 e. The molecule has 0 spiro atoms. The highest BCUT2D eigenvalue weighted by Crippen LogP contribution is 2.43. The number of hydrogen-bond donors (Lipinski definition) is 0. The molecule has 0 radical (unpaired) electrons. The van der Waals surface area contributed by atoms with Gasteiger partial charge in [0, 0.05) is 6.20 Å². The number of amides is 1. The van der Waals surface area contributed by atoms with Crippen LogP contribution in [-0.4, -0.2) is 10.8 Å². The molecule has 1 aliphatic carbocycles. The third kappa shape index (κ3) is 1.91. The van der Waals surface area contributed by atoms with Crippen molar-refractivity contribution < 1.29 is 4.79 Å². The molecule has 2 aromatic rings. The molecule has 2 bridgehead atoms.